The van der Waals surface area contributed by atoms with Gasteiger partial charge in [-0.15, -0.1) is 23.5 Å². The van der Waals surface area contributed by atoms with Gasteiger partial charge >= 0.3 is 5.97 Å². The topological polar surface area (TPSA) is 111 Å². The summed E-state index contributed by atoms with van der Waals surface area (Å²) in [6, 6.07) is 6.65. The molecule has 0 bridgehead atoms. The zero-order valence-electron chi connectivity index (χ0n) is 16.0. The highest BCUT2D eigenvalue weighted by Crippen LogP contribution is 2.54. The lowest BCUT2D eigenvalue weighted by Crippen LogP contribution is -2.79. The zero-order valence-corrected chi connectivity index (χ0v) is 17.6. The van der Waals surface area contributed by atoms with Crippen LogP contribution in [0.1, 0.15) is 27.2 Å². The van der Waals surface area contributed by atoms with Gasteiger partial charge in [-0.05, 0) is 38.5 Å². The molecule has 2 heterocycles. The Morgan fingerprint density at radius 2 is 2.17 bits per heavy atom. The number of thioether (sulfide) groups is 2. The third kappa shape index (κ3) is 3.46. The molecule has 0 aliphatic carbocycles. The number of hydrogen-bond acceptors (Lipinski definition) is 6. The molecule has 154 valence electrons. The van der Waals surface area contributed by atoms with Crippen LogP contribution in [0.5, 0.6) is 0 Å². The van der Waals surface area contributed by atoms with E-state index in [1.54, 1.807) is 26.8 Å². The number of fused-ring (bicyclic) bond motifs is 1. The highest BCUT2D eigenvalue weighted by molar-refractivity contribution is 8.01. The SMILES string of the molecule is CCC(Sc1cccc(F)c1)C(=O)N[C@@]1(C#N)C(=O)N2[C@@H](C(=O)O)C(C)(C)S[C@@H]21. The first kappa shape index (κ1) is 21.5. The van der Waals surface area contributed by atoms with Crippen molar-refractivity contribution in [2.75, 3.05) is 0 Å². The molecule has 2 aliphatic heterocycles. The van der Waals surface area contributed by atoms with Crippen LogP contribution in [-0.4, -0.2) is 54.7 Å². The number of aliphatic carboxylic acids is 1. The Labute approximate surface area is 176 Å². The molecule has 0 radical (unpaired) electrons. The minimum Gasteiger partial charge on any atom is -0.480 e. The second-order valence-electron chi connectivity index (χ2n) is 7.41. The van der Waals surface area contributed by atoms with E-state index in [-0.39, 0.29) is 0 Å². The van der Waals surface area contributed by atoms with Crippen molar-refractivity contribution in [3.8, 4) is 6.07 Å². The molecule has 3 rings (SSSR count). The van der Waals surface area contributed by atoms with Crippen molar-refractivity contribution in [2.45, 2.75) is 59.0 Å². The maximum atomic E-state index is 13.4. The van der Waals surface area contributed by atoms with E-state index in [9.17, 15) is 29.1 Å². The number of hydrogen-bond donors (Lipinski definition) is 2. The molecule has 0 aromatic heterocycles. The summed E-state index contributed by atoms with van der Waals surface area (Å²) < 4.78 is 12.6. The van der Waals surface area contributed by atoms with Crippen molar-refractivity contribution in [3.63, 3.8) is 0 Å². The van der Waals surface area contributed by atoms with E-state index in [0.717, 1.165) is 16.7 Å². The van der Waals surface area contributed by atoms with Crippen LogP contribution in [0.3, 0.4) is 0 Å². The third-order valence-electron chi connectivity index (χ3n) is 5.02. The Morgan fingerprint density at radius 1 is 1.48 bits per heavy atom. The van der Waals surface area contributed by atoms with E-state index < -0.39 is 50.6 Å². The fraction of sp³-hybridized carbons (Fsp3) is 0.474. The number of benzene rings is 1. The van der Waals surface area contributed by atoms with Gasteiger partial charge in [0, 0.05) is 9.64 Å². The van der Waals surface area contributed by atoms with Crippen LogP contribution in [0.2, 0.25) is 0 Å². The zero-order chi connectivity index (χ0) is 21.6. The maximum Gasteiger partial charge on any atom is 0.327 e. The summed E-state index contributed by atoms with van der Waals surface area (Å²) in [6.07, 6.45) is 0.396. The summed E-state index contributed by atoms with van der Waals surface area (Å²) in [5.74, 6) is -2.81. The van der Waals surface area contributed by atoms with E-state index in [4.69, 9.17) is 0 Å². The molecule has 2 aliphatic rings. The van der Waals surface area contributed by atoms with Crippen molar-refractivity contribution in [1.82, 2.24) is 10.2 Å². The molecular formula is C19H20FN3O4S2. The van der Waals surface area contributed by atoms with Gasteiger partial charge in [-0.3, -0.25) is 9.59 Å². The van der Waals surface area contributed by atoms with Gasteiger partial charge in [0.05, 0.1) is 5.25 Å². The number of carbonyl (C=O) groups excluding carboxylic acids is 2. The van der Waals surface area contributed by atoms with Crippen molar-refractivity contribution in [3.05, 3.63) is 30.1 Å². The van der Waals surface area contributed by atoms with E-state index in [1.165, 1.54) is 30.0 Å². The summed E-state index contributed by atoms with van der Waals surface area (Å²) in [7, 11) is 0. The normalized spacial score (nSPS) is 28.1. The van der Waals surface area contributed by atoms with Gasteiger partial charge in [-0.2, -0.15) is 5.26 Å². The lowest BCUT2D eigenvalue weighted by atomic mass is 9.85. The minimum atomic E-state index is -1.81. The molecule has 1 aromatic rings. The maximum absolute atomic E-state index is 13.4. The van der Waals surface area contributed by atoms with E-state index in [2.05, 4.69) is 5.32 Å². The van der Waals surface area contributed by atoms with Crippen LogP contribution < -0.4 is 5.32 Å². The third-order valence-corrected chi connectivity index (χ3v) is 8.01. The molecule has 2 saturated heterocycles. The van der Waals surface area contributed by atoms with Crippen LogP contribution in [0, 0.1) is 17.1 Å². The Morgan fingerprint density at radius 3 is 2.72 bits per heavy atom. The number of nitrogens with one attached hydrogen (secondary N) is 1. The second kappa shape index (κ2) is 7.54. The summed E-state index contributed by atoms with van der Waals surface area (Å²) in [6.45, 7) is 5.17. The van der Waals surface area contributed by atoms with E-state index in [1.807, 2.05) is 6.07 Å². The number of amides is 2. The van der Waals surface area contributed by atoms with Crippen LogP contribution in [0.4, 0.5) is 4.39 Å². The smallest absolute Gasteiger partial charge is 0.327 e. The van der Waals surface area contributed by atoms with Crippen LogP contribution in [0.15, 0.2) is 29.2 Å². The van der Waals surface area contributed by atoms with Gasteiger partial charge in [0.15, 0.2) is 0 Å². The molecule has 0 saturated carbocycles. The number of carbonyl (C=O) groups is 3. The van der Waals surface area contributed by atoms with Gasteiger partial charge in [0.2, 0.25) is 11.4 Å². The first-order chi connectivity index (χ1) is 13.6. The highest BCUT2D eigenvalue weighted by atomic mass is 32.2. The molecule has 29 heavy (non-hydrogen) atoms. The van der Waals surface area contributed by atoms with Crippen molar-refractivity contribution < 1.29 is 23.9 Å². The molecule has 10 heteroatoms. The average molecular weight is 438 g/mol. The monoisotopic (exact) mass is 437 g/mol. The molecule has 2 amide bonds. The minimum absolute atomic E-state index is 0.396. The largest absolute Gasteiger partial charge is 0.480 e. The Hall–Kier alpha value is -2.25. The number of carboxylic acid groups (broad SMARTS) is 1. The van der Waals surface area contributed by atoms with Gasteiger partial charge in [-0.1, -0.05) is 13.0 Å². The van der Waals surface area contributed by atoms with E-state index in [0.29, 0.717) is 11.3 Å². The standard InChI is InChI=1S/C19H20FN3O4S2/c1-4-12(28-11-7-5-6-10(20)8-11)14(24)22-19(9-21)16(27)23-13(15(25)26)18(2,3)29-17(19)23/h5-8,12-13,17H,4H2,1-3H3,(H,22,24)(H,25,26)/t12?,13-,17+,19-/m0/s1. The van der Waals surface area contributed by atoms with Gasteiger partial charge in [0.25, 0.3) is 5.91 Å². The number of nitrogens with zero attached hydrogens (tertiary/aromatic N) is 2. The Kier molecular flexibility index (Phi) is 5.58. The van der Waals surface area contributed by atoms with Gasteiger partial charge in [0.1, 0.15) is 23.3 Å². The Bertz CT molecular complexity index is 919. The number of carboxylic acids is 1. The van der Waals surface area contributed by atoms with Crippen LogP contribution in [-0.2, 0) is 14.4 Å². The van der Waals surface area contributed by atoms with Crippen molar-refractivity contribution in [1.29, 1.82) is 5.26 Å². The number of nitriles is 1. The van der Waals surface area contributed by atoms with Gasteiger partial charge < -0.3 is 15.3 Å². The Balaban J connectivity index is 1.81. The van der Waals surface area contributed by atoms with Gasteiger partial charge in [-0.25, -0.2) is 9.18 Å². The molecule has 2 fully saturated rings. The molecule has 1 unspecified atom stereocenters. The van der Waals surface area contributed by atoms with Crippen LogP contribution >= 0.6 is 23.5 Å². The fourth-order valence-corrected chi connectivity index (χ4v) is 6.25. The summed E-state index contributed by atoms with van der Waals surface area (Å²) in [5, 5.41) is 20.4. The van der Waals surface area contributed by atoms with E-state index >= 15 is 0 Å². The van der Waals surface area contributed by atoms with Crippen molar-refractivity contribution in [2.24, 2.45) is 0 Å². The average Bonchev–Trinajstić information content (AvgIpc) is 2.93. The first-order valence-corrected chi connectivity index (χ1v) is 10.7. The van der Waals surface area contributed by atoms with Crippen LogP contribution in [0.25, 0.3) is 0 Å². The molecule has 0 spiro atoms. The first-order valence-electron chi connectivity index (χ1n) is 8.96. The lowest BCUT2D eigenvalue weighted by Gasteiger charge is -2.49. The predicted octanol–water partition coefficient (Wildman–Crippen LogP) is 2.22. The second-order valence-corrected chi connectivity index (χ2v) is 10.4. The lowest BCUT2D eigenvalue weighted by molar-refractivity contribution is -0.165. The quantitative estimate of drug-likeness (QED) is 0.519. The number of β-lactam (4-membered cyclic amide) rings is 1. The molecule has 2 N–H and O–H groups in total. The molecular weight excluding hydrogens is 417 g/mol. The molecule has 1 aromatic carbocycles. The predicted molar refractivity (Wildman–Crippen MR) is 107 cm³/mol. The number of rotatable bonds is 6. The molecule has 7 nitrogen and oxygen atoms in total. The van der Waals surface area contributed by atoms with Crippen molar-refractivity contribution >= 4 is 41.3 Å². The summed E-state index contributed by atoms with van der Waals surface area (Å²) >= 11 is 2.33. The number of halogens is 1. The summed E-state index contributed by atoms with van der Waals surface area (Å²) in [4.78, 5) is 39.0. The highest BCUT2D eigenvalue weighted by Gasteiger charge is 2.73. The summed E-state index contributed by atoms with van der Waals surface area (Å²) in [5.41, 5.74) is -1.81. The fourth-order valence-electron chi connectivity index (χ4n) is 3.61. The molecule has 4 atom stereocenters.